The van der Waals surface area contributed by atoms with Gasteiger partial charge in [-0.1, -0.05) is 13.8 Å². The van der Waals surface area contributed by atoms with E-state index in [4.69, 9.17) is 5.73 Å². The standard InChI is InChI=1S/C14H20BrN3O/c1-8-3-9(2)5-11(4-8)18-14(19)12-6-10(15)7-17-13(12)16/h6-9,11H,3-5H2,1-2H3,(H2,16,17)(H,18,19). The molecule has 1 aliphatic carbocycles. The second kappa shape index (κ2) is 5.90. The lowest BCUT2D eigenvalue weighted by Gasteiger charge is -2.32. The predicted molar refractivity (Wildman–Crippen MR) is 79.8 cm³/mol. The van der Waals surface area contributed by atoms with Crippen LogP contribution in [0, 0.1) is 11.8 Å². The number of nitrogens with one attached hydrogen (secondary N) is 1. The number of hydrogen-bond donors (Lipinski definition) is 2. The highest BCUT2D eigenvalue weighted by molar-refractivity contribution is 9.10. The minimum absolute atomic E-state index is 0.127. The van der Waals surface area contributed by atoms with Gasteiger partial charge in [-0.3, -0.25) is 4.79 Å². The van der Waals surface area contributed by atoms with Crippen molar-refractivity contribution in [2.75, 3.05) is 5.73 Å². The second-order valence-corrected chi connectivity index (χ2v) is 6.59. The number of aromatic nitrogens is 1. The lowest BCUT2D eigenvalue weighted by atomic mass is 9.80. The van der Waals surface area contributed by atoms with Crippen molar-refractivity contribution in [3.63, 3.8) is 0 Å². The molecular weight excluding hydrogens is 306 g/mol. The zero-order valence-electron chi connectivity index (χ0n) is 11.3. The molecule has 0 radical (unpaired) electrons. The van der Waals surface area contributed by atoms with Gasteiger partial charge in [0.2, 0.25) is 0 Å². The number of nitrogens with zero attached hydrogens (tertiary/aromatic N) is 1. The number of halogens is 1. The summed E-state index contributed by atoms with van der Waals surface area (Å²) in [6.45, 7) is 4.48. The number of nitrogen functional groups attached to an aromatic ring is 1. The fourth-order valence-electron chi connectivity index (χ4n) is 2.96. The van der Waals surface area contributed by atoms with E-state index in [0.717, 1.165) is 17.3 Å². The monoisotopic (exact) mass is 325 g/mol. The van der Waals surface area contributed by atoms with Crippen LogP contribution in [0.5, 0.6) is 0 Å². The average Bonchev–Trinajstić information content (AvgIpc) is 2.30. The fraction of sp³-hybridized carbons (Fsp3) is 0.571. The van der Waals surface area contributed by atoms with Crippen molar-refractivity contribution in [3.8, 4) is 0 Å². The first-order chi connectivity index (χ1) is 8.95. The van der Waals surface area contributed by atoms with Gasteiger partial charge in [0.1, 0.15) is 5.82 Å². The summed E-state index contributed by atoms with van der Waals surface area (Å²) in [6, 6.07) is 1.96. The minimum atomic E-state index is -0.127. The molecule has 0 saturated heterocycles. The molecule has 4 nitrogen and oxygen atoms in total. The van der Waals surface area contributed by atoms with Crippen molar-refractivity contribution < 1.29 is 4.79 Å². The van der Waals surface area contributed by atoms with Crippen LogP contribution in [0.25, 0.3) is 0 Å². The first kappa shape index (κ1) is 14.3. The van der Waals surface area contributed by atoms with Gasteiger partial charge in [-0.25, -0.2) is 4.98 Å². The first-order valence-corrected chi connectivity index (χ1v) is 7.47. The summed E-state index contributed by atoms with van der Waals surface area (Å²) in [5.74, 6) is 1.47. The Morgan fingerprint density at radius 1 is 1.37 bits per heavy atom. The molecule has 0 bridgehead atoms. The highest BCUT2D eigenvalue weighted by Crippen LogP contribution is 2.28. The maximum Gasteiger partial charge on any atom is 0.255 e. The van der Waals surface area contributed by atoms with Gasteiger partial charge in [-0.05, 0) is 53.1 Å². The predicted octanol–water partition coefficient (Wildman–Crippen LogP) is 2.98. The number of amides is 1. The summed E-state index contributed by atoms with van der Waals surface area (Å²) in [7, 11) is 0. The summed E-state index contributed by atoms with van der Waals surface area (Å²) < 4.78 is 0.761. The lowest BCUT2D eigenvalue weighted by Crippen LogP contribution is -2.40. The smallest absolute Gasteiger partial charge is 0.255 e. The van der Waals surface area contributed by atoms with Crippen LogP contribution in [0.1, 0.15) is 43.5 Å². The van der Waals surface area contributed by atoms with Crippen molar-refractivity contribution >= 4 is 27.7 Å². The third-order valence-corrected chi connectivity index (χ3v) is 4.08. The third-order valence-electron chi connectivity index (χ3n) is 3.64. The van der Waals surface area contributed by atoms with E-state index in [-0.39, 0.29) is 17.8 Å². The topological polar surface area (TPSA) is 68.0 Å². The van der Waals surface area contributed by atoms with Crippen molar-refractivity contribution in [1.29, 1.82) is 0 Å². The molecule has 0 aromatic carbocycles. The Hall–Kier alpha value is -1.10. The number of nitrogens with two attached hydrogens (primary N) is 1. The molecule has 1 aliphatic rings. The Labute approximate surface area is 122 Å². The van der Waals surface area contributed by atoms with Gasteiger partial charge >= 0.3 is 0 Å². The first-order valence-electron chi connectivity index (χ1n) is 6.67. The summed E-state index contributed by atoms with van der Waals surface area (Å²) >= 11 is 3.31. The number of hydrogen-bond acceptors (Lipinski definition) is 3. The van der Waals surface area contributed by atoms with Crippen LogP contribution >= 0.6 is 15.9 Å². The van der Waals surface area contributed by atoms with Gasteiger partial charge in [0.25, 0.3) is 5.91 Å². The normalized spacial score (nSPS) is 27.0. The molecule has 1 fully saturated rings. The molecule has 1 amide bonds. The zero-order chi connectivity index (χ0) is 14.0. The van der Waals surface area contributed by atoms with Crippen LogP contribution in [0.4, 0.5) is 5.82 Å². The fourth-order valence-corrected chi connectivity index (χ4v) is 3.29. The van der Waals surface area contributed by atoms with Crippen molar-refractivity contribution in [1.82, 2.24) is 10.3 Å². The lowest BCUT2D eigenvalue weighted by molar-refractivity contribution is 0.0912. The Balaban J connectivity index is 2.06. The van der Waals surface area contributed by atoms with Crippen LogP contribution in [0.3, 0.4) is 0 Å². The van der Waals surface area contributed by atoms with Crippen LogP contribution in [0.2, 0.25) is 0 Å². The van der Waals surface area contributed by atoms with E-state index in [2.05, 4.69) is 40.1 Å². The summed E-state index contributed by atoms with van der Waals surface area (Å²) in [5, 5.41) is 3.08. The highest BCUT2D eigenvalue weighted by Gasteiger charge is 2.25. The zero-order valence-corrected chi connectivity index (χ0v) is 12.9. The molecule has 1 aromatic heterocycles. The molecule has 104 valence electrons. The molecule has 0 spiro atoms. The second-order valence-electron chi connectivity index (χ2n) is 5.67. The van der Waals surface area contributed by atoms with Crippen LogP contribution in [-0.4, -0.2) is 16.9 Å². The quantitative estimate of drug-likeness (QED) is 0.878. The molecule has 1 saturated carbocycles. The van der Waals surface area contributed by atoms with Gasteiger partial charge in [0.05, 0.1) is 5.56 Å². The molecule has 5 heteroatoms. The number of carbonyl (C=O) groups excluding carboxylic acids is 1. The van der Waals surface area contributed by atoms with Crippen LogP contribution < -0.4 is 11.1 Å². The van der Waals surface area contributed by atoms with Crippen molar-refractivity contribution in [3.05, 3.63) is 22.3 Å². The Morgan fingerprint density at radius 3 is 2.63 bits per heavy atom. The molecule has 2 unspecified atom stereocenters. The van der Waals surface area contributed by atoms with E-state index in [1.54, 1.807) is 12.3 Å². The number of rotatable bonds is 2. The van der Waals surface area contributed by atoms with E-state index in [1.807, 2.05) is 0 Å². The van der Waals surface area contributed by atoms with Gasteiger partial charge in [-0.2, -0.15) is 0 Å². The van der Waals surface area contributed by atoms with Crippen LogP contribution in [-0.2, 0) is 0 Å². The molecule has 1 heterocycles. The largest absolute Gasteiger partial charge is 0.383 e. The average molecular weight is 326 g/mol. The van der Waals surface area contributed by atoms with E-state index < -0.39 is 0 Å². The van der Waals surface area contributed by atoms with E-state index in [9.17, 15) is 4.79 Å². The number of anilines is 1. The third kappa shape index (κ3) is 3.69. The SMILES string of the molecule is CC1CC(C)CC(NC(=O)c2cc(Br)cnc2N)C1. The maximum absolute atomic E-state index is 12.2. The Bertz CT molecular complexity index is 468. The van der Waals surface area contributed by atoms with Crippen molar-refractivity contribution in [2.45, 2.75) is 39.2 Å². The van der Waals surface area contributed by atoms with Gasteiger partial charge in [0.15, 0.2) is 0 Å². The van der Waals surface area contributed by atoms with E-state index >= 15 is 0 Å². The molecule has 2 rings (SSSR count). The molecular formula is C14H20BrN3O. The van der Waals surface area contributed by atoms with E-state index in [1.165, 1.54) is 6.42 Å². The van der Waals surface area contributed by atoms with Gasteiger partial charge in [0, 0.05) is 16.7 Å². The molecule has 3 N–H and O–H groups in total. The van der Waals surface area contributed by atoms with E-state index in [0.29, 0.717) is 17.4 Å². The van der Waals surface area contributed by atoms with Crippen molar-refractivity contribution in [2.24, 2.45) is 11.8 Å². The number of pyridine rings is 1. The van der Waals surface area contributed by atoms with Crippen LogP contribution in [0.15, 0.2) is 16.7 Å². The van der Waals surface area contributed by atoms with Gasteiger partial charge < -0.3 is 11.1 Å². The summed E-state index contributed by atoms with van der Waals surface area (Å²) in [4.78, 5) is 16.2. The summed E-state index contributed by atoms with van der Waals surface area (Å²) in [6.07, 6.45) is 4.92. The molecule has 1 aromatic rings. The Morgan fingerprint density at radius 2 is 2.00 bits per heavy atom. The highest BCUT2D eigenvalue weighted by atomic mass is 79.9. The number of carbonyl (C=O) groups is 1. The minimum Gasteiger partial charge on any atom is -0.383 e. The molecule has 2 atom stereocenters. The maximum atomic E-state index is 12.2. The Kier molecular flexibility index (Phi) is 4.45. The summed E-state index contributed by atoms with van der Waals surface area (Å²) in [5.41, 5.74) is 6.20. The van der Waals surface area contributed by atoms with Gasteiger partial charge in [-0.15, -0.1) is 0 Å². The molecule has 19 heavy (non-hydrogen) atoms. The molecule has 0 aliphatic heterocycles.